The lowest BCUT2D eigenvalue weighted by Gasteiger charge is -2.38. The van der Waals surface area contributed by atoms with Crippen molar-refractivity contribution in [1.82, 2.24) is 4.90 Å². The molecule has 0 radical (unpaired) electrons. The summed E-state index contributed by atoms with van der Waals surface area (Å²) in [5, 5.41) is 10.2. The van der Waals surface area contributed by atoms with Crippen LogP contribution < -0.4 is 0 Å². The van der Waals surface area contributed by atoms with Crippen molar-refractivity contribution in [3.8, 4) is 0 Å². The van der Waals surface area contributed by atoms with E-state index in [0.717, 1.165) is 41.7 Å². The highest BCUT2D eigenvalue weighted by Crippen LogP contribution is 2.29. The minimum Gasteiger partial charge on any atom is -0.372 e. The number of halogens is 1. The molecule has 0 aliphatic carbocycles. The smallest absolute Gasteiger partial charge is 0.158 e. The molecule has 1 fully saturated rings. The fraction of sp³-hybridized carbons (Fsp3) is 0.556. The Labute approximate surface area is 142 Å². The van der Waals surface area contributed by atoms with E-state index in [1.165, 1.54) is 0 Å². The van der Waals surface area contributed by atoms with Crippen molar-refractivity contribution in [1.29, 1.82) is 0 Å². The van der Waals surface area contributed by atoms with Crippen molar-refractivity contribution in [2.45, 2.75) is 45.5 Å². The van der Waals surface area contributed by atoms with Crippen molar-refractivity contribution in [2.75, 3.05) is 13.1 Å². The van der Waals surface area contributed by atoms with Gasteiger partial charge >= 0.3 is 0 Å². The number of ether oxygens (including phenoxy) is 1. The third-order valence-electron chi connectivity index (χ3n) is 3.98. The van der Waals surface area contributed by atoms with Gasteiger partial charge in [-0.25, -0.2) is 0 Å². The van der Waals surface area contributed by atoms with Gasteiger partial charge in [0.1, 0.15) is 0 Å². The standard InChI is InChI=1S/C18H26BrNO2/c1-13(14-5-7-16(19)8-6-14)20-11-9-15(10-12-20)17(21)22-18(2,3)4/h5-8,15,17,21H,1,9-12H2,2-4H3. The predicted molar refractivity (Wildman–Crippen MR) is 94.3 cm³/mol. The number of nitrogens with zero attached hydrogens (tertiary/aromatic N) is 1. The minimum atomic E-state index is -0.678. The Morgan fingerprint density at radius 3 is 2.32 bits per heavy atom. The van der Waals surface area contributed by atoms with Crippen molar-refractivity contribution in [3.05, 3.63) is 40.9 Å². The summed E-state index contributed by atoms with van der Waals surface area (Å²) in [6.45, 7) is 12.0. The van der Waals surface area contributed by atoms with Gasteiger partial charge in [-0.1, -0.05) is 34.6 Å². The predicted octanol–water partition coefficient (Wildman–Crippen LogP) is 4.27. The topological polar surface area (TPSA) is 32.7 Å². The Kier molecular flexibility index (Phi) is 5.70. The second-order valence-corrected chi connectivity index (χ2v) is 7.81. The zero-order chi connectivity index (χ0) is 16.3. The average Bonchev–Trinajstić information content (AvgIpc) is 2.46. The van der Waals surface area contributed by atoms with Gasteiger partial charge in [0.2, 0.25) is 0 Å². The molecule has 0 aromatic heterocycles. The van der Waals surface area contributed by atoms with Gasteiger partial charge in [0.15, 0.2) is 6.29 Å². The molecular formula is C18H26BrNO2. The summed E-state index contributed by atoms with van der Waals surface area (Å²) in [7, 11) is 0. The van der Waals surface area contributed by atoms with E-state index in [0.29, 0.717) is 0 Å². The third kappa shape index (κ3) is 4.83. The molecule has 0 bridgehead atoms. The molecule has 3 nitrogen and oxygen atoms in total. The summed E-state index contributed by atoms with van der Waals surface area (Å²) in [5.74, 6) is 0.202. The first-order valence-electron chi connectivity index (χ1n) is 7.82. The summed E-state index contributed by atoms with van der Waals surface area (Å²) < 4.78 is 6.75. The van der Waals surface area contributed by atoms with Crippen molar-refractivity contribution in [2.24, 2.45) is 5.92 Å². The molecular weight excluding hydrogens is 342 g/mol. The van der Waals surface area contributed by atoms with Crippen LogP contribution in [0.1, 0.15) is 39.2 Å². The van der Waals surface area contributed by atoms with Crippen LogP contribution in [0.4, 0.5) is 0 Å². The zero-order valence-corrected chi connectivity index (χ0v) is 15.3. The summed E-state index contributed by atoms with van der Waals surface area (Å²) in [6.07, 6.45) is 1.17. The van der Waals surface area contributed by atoms with Gasteiger partial charge in [-0.2, -0.15) is 0 Å². The van der Waals surface area contributed by atoms with E-state index >= 15 is 0 Å². The summed E-state index contributed by atoms with van der Waals surface area (Å²) >= 11 is 3.45. The first kappa shape index (κ1) is 17.5. The molecule has 1 aromatic rings. The van der Waals surface area contributed by atoms with Crippen molar-refractivity contribution >= 4 is 21.6 Å². The van der Waals surface area contributed by atoms with Crippen LogP contribution in [0, 0.1) is 5.92 Å². The summed E-state index contributed by atoms with van der Waals surface area (Å²) in [5.41, 5.74) is 1.89. The van der Waals surface area contributed by atoms with Crippen LogP contribution >= 0.6 is 15.9 Å². The SMILES string of the molecule is C=C(c1ccc(Br)cc1)N1CCC(C(O)OC(C)(C)C)CC1. The largest absolute Gasteiger partial charge is 0.372 e. The molecule has 0 amide bonds. The van der Waals surface area contributed by atoms with Crippen LogP contribution in [0.15, 0.2) is 35.3 Å². The van der Waals surface area contributed by atoms with Crippen LogP contribution in [0.25, 0.3) is 5.70 Å². The highest BCUT2D eigenvalue weighted by atomic mass is 79.9. The molecule has 1 aliphatic heterocycles. The Morgan fingerprint density at radius 1 is 1.27 bits per heavy atom. The Morgan fingerprint density at radius 2 is 1.82 bits per heavy atom. The van der Waals surface area contributed by atoms with Crippen molar-refractivity contribution in [3.63, 3.8) is 0 Å². The Bertz CT molecular complexity index is 499. The zero-order valence-electron chi connectivity index (χ0n) is 13.7. The van der Waals surface area contributed by atoms with E-state index < -0.39 is 6.29 Å². The van der Waals surface area contributed by atoms with E-state index in [9.17, 15) is 5.11 Å². The highest BCUT2D eigenvalue weighted by Gasteiger charge is 2.29. The Balaban J connectivity index is 1.89. The molecule has 122 valence electrons. The van der Waals surface area contributed by atoms with Gasteiger partial charge in [-0.3, -0.25) is 0 Å². The van der Waals surface area contributed by atoms with E-state index in [2.05, 4.69) is 39.5 Å². The molecule has 1 heterocycles. The first-order chi connectivity index (χ1) is 10.3. The molecule has 4 heteroatoms. The normalized spacial score (nSPS) is 18.3. The van der Waals surface area contributed by atoms with Gasteiger partial charge in [0.05, 0.1) is 5.60 Å². The van der Waals surface area contributed by atoms with E-state index in [4.69, 9.17) is 4.74 Å². The third-order valence-corrected chi connectivity index (χ3v) is 4.51. The van der Waals surface area contributed by atoms with Gasteiger partial charge in [0, 0.05) is 29.2 Å². The second kappa shape index (κ2) is 7.16. The molecule has 22 heavy (non-hydrogen) atoms. The quantitative estimate of drug-likeness (QED) is 0.806. The van der Waals surface area contributed by atoms with Gasteiger partial charge in [-0.15, -0.1) is 0 Å². The Hall–Kier alpha value is -0.840. The maximum atomic E-state index is 10.2. The van der Waals surface area contributed by atoms with Crippen LogP contribution in [0.3, 0.4) is 0 Å². The van der Waals surface area contributed by atoms with E-state index in [-0.39, 0.29) is 11.5 Å². The number of benzene rings is 1. The number of piperidine rings is 1. The fourth-order valence-corrected chi connectivity index (χ4v) is 3.00. The van der Waals surface area contributed by atoms with E-state index in [1.54, 1.807) is 0 Å². The maximum Gasteiger partial charge on any atom is 0.158 e. The van der Waals surface area contributed by atoms with Crippen LogP contribution in [-0.2, 0) is 4.74 Å². The molecule has 1 saturated heterocycles. The first-order valence-corrected chi connectivity index (χ1v) is 8.61. The number of hydrogen-bond acceptors (Lipinski definition) is 3. The van der Waals surface area contributed by atoms with Crippen LogP contribution in [0.5, 0.6) is 0 Å². The molecule has 2 rings (SSSR count). The van der Waals surface area contributed by atoms with Crippen molar-refractivity contribution < 1.29 is 9.84 Å². The number of likely N-dealkylation sites (tertiary alicyclic amines) is 1. The lowest BCUT2D eigenvalue weighted by atomic mass is 9.95. The minimum absolute atomic E-state index is 0.202. The number of aliphatic hydroxyl groups is 1. The van der Waals surface area contributed by atoms with Gasteiger partial charge in [0.25, 0.3) is 0 Å². The van der Waals surface area contributed by atoms with Crippen LogP contribution in [0.2, 0.25) is 0 Å². The summed E-state index contributed by atoms with van der Waals surface area (Å²) in [6, 6.07) is 8.23. The summed E-state index contributed by atoms with van der Waals surface area (Å²) in [4.78, 5) is 2.30. The lowest BCUT2D eigenvalue weighted by molar-refractivity contribution is -0.197. The number of hydrogen-bond donors (Lipinski definition) is 1. The molecule has 0 spiro atoms. The lowest BCUT2D eigenvalue weighted by Crippen LogP contribution is -2.40. The number of rotatable bonds is 4. The number of aliphatic hydroxyl groups excluding tert-OH is 1. The molecule has 1 aliphatic rings. The highest BCUT2D eigenvalue weighted by molar-refractivity contribution is 9.10. The second-order valence-electron chi connectivity index (χ2n) is 6.90. The van der Waals surface area contributed by atoms with Gasteiger partial charge in [-0.05, 0) is 51.3 Å². The van der Waals surface area contributed by atoms with E-state index in [1.807, 2.05) is 32.9 Å². The average molecular weight is 368 g/mol. The fourth-order valence-electron chi connectivity index (χ4n) is 2.74. The monoisotopic (exact) mass is 367 g/mol. The molecule has 1 unspecified atom stereocenters. The molecule has 1 atom stereocenters. The molecule has 1 N–H and O–H groups in total. The molecule has 1 aromatic carbocycles. The van der Waals surface area contributed by atoms with Gasteiger partial charge < -0.3 is 14.7 Å². The van der Waals surface area contributed by atoms with Crippen LogP contribution in [-0.4, -0.2) is 35.0 Å². The maximum absolute atomic E-state index is 10.2. The molecule has 0 saturated carbocycles.